The number of aliphatic hydroxyl groups is 1. The number of piperidine rings is 1. The van der Waals surface area contributed by atoms with E-state index in [2.05, 4.69) is 4.98 Å². The number of aromatic nitrogens is 2. The molecule has 22 heavy (non-hydrogen) atoms. The fraction of sp³-hybridized carbons (Fsp3) is 0.375. The van der Waals surface area contributed by atoms with E-state index >= 15 is 0 Å². The molecule has 116 valence electrons. The highest BCUT2D eigenvalue weighted by atomic mass is 19.1. The van der Waals surface area contributed by atoms with Gasteiger partial charge in [-0.15, -0.1) is 0 Å². The van der Waals surface area contributed by atoms with Gasteiger partial charge in [0, 0.05) is 50.9 Å². The van der Waals surface area contributed by atoms with E-state index in [1.165, 1.54) is 24.3 Å². The Morgan fingerprint density at radius 2 is 1.91 bits per heavy atom. The number of imidazole rings is 1. The van der Waals surface area contributed by atoms with Crippen LogP contribution in [-0.2, 0) is 12.6 Å². The van der Waals surface area contributed by atoms with Crippen LogP contribution < -0.4 is 0 Å². The van der Waals surface area contributed by atoms with Crippen molar-refractivity contribution in [3.8, 4) is 0 Å². The Morgan fingerprint density at radius 1 is 1.27 bits per heavy atom. The third-order valence-electron chi connectivity index (χ3n) is 4.21. The number of nitrogens with zero attached hydrogens (tertiary/aromatic N) is 3. The molecule has 1 aliphatic rings. The van der Waals surface area contributed by atoms with E-state index < -0.39 is 5.60 Å². The van der Waals surface area contributed by atoms with Crippen molar-refractivity contribution >= 4 is 5.91 Å². The maximum Gasteiger partial charge on any atom is 0.253 e. The van der Waals surface area contributed by atoms with Crippen LogP contribution in [0.5, 0.6) is 0 Å². The Balaban J connectivity index is 1.70. The summed E-state index contributed by atoms with van der Waals surface area (Å²) in [5.41, 5.74) is -0.540. The molecule has 0 bridgehead atoms. The molecule has 0 spiro atoms. The van der Waals surface area contributed by atoms with Crippen LogP contribution >= 0.6 is 0 Å². The van der Waals surface area contributed by atoms with Gasteiger partial charge < -0.3 is 14.6 Å². The molecular weight excluding hydrogens is 285 g/mol. The summed E-state index contributed by atoms with van der Waals surface area (Å²) < 4.78 is 14.7. The Bertz CT molecular complexity index is 673. The van der Waals surface area contributed by atoms with Gasteiger partial charge >= 0.3 is 0 Å². The van der Waals surface area contributed by atoms with Gasteiger partial charge in [-0.3, -0.25) is 4.79 Å². The largest absolute Gasteiger partial charge is 0.382 e. The van der Waals surface area contributed by atoms with Crippen LogP contribution in [-0.4, -0.2) is 38.6 Å². The lowest BCUT2D eigenvalue weighted by Gasteiger charge is -2.37. The lowest BCUT2D eigenvalue weighted by molar-refractivity contribution is -0.0297. The molecule has 1 amide bonds. The number of carbonyl (C=O) groups excluding carboxylic acids is 1. The second kappa shape index (κ2) is 5.53. The molecule has 2 aromatic rings. The lowest BCUT2D eigenvalue weighted by Crippen LogP contribution is -2.46. The van der Waals surface area contributed by atoms with E-state index in [0.717, 1.165) is 0 Å². The number of aryl methyl sites for hydroxylation is 1. The zero-order valence-electron chi connectivity index (χ0n) is 12.4. The molecule has 5 nitrogen and oxygen atoms in total. The molecule has 0 aliphatic carbocycles. The number of likely N-dealkylation sites (tertiary alicyclic amines) is 1. The minimum Gasteiger partial charge on any atom is -0.382 e. The molecule has 6 heteroatoms. The van der Waals surface area contributed by atoms with Gasteiger partial charge in [-0.05, 0) is 24.3 Å². The van der Waals surface area contributed by atoms with Gasteiger partial charge in [0.2, 0.25) is 0 Å². The summed E-state index contributed by atoms with van der Waals surface area (Å²) in [4.78, 5) is 18.3. The predicted molar refractivity (Wildman–Crippen MR) is 78.6 cm³/mol. The summed E-state index contributed by atoms with van der Waals surface area (Å²) in [6.45, 7) is 0.888. The van der Waals surface area contributed by atoms with E-state index in [4.69, 9.17) is 0 Å². The Labute approximate surface area is 128 Å². The number of hydrogen-bond donors (Lipinski definition) is 1. The first kappa shape index (κ1) is 14.7. The van der Waals surface area contributed by atoms with E-state index in [1.54, 1.807) is 21.9 Å². The predicted octanol–water partition coefficient (Wildman–Crippen LogP) is 1.68. The summed E-state index contributed by atoms with van der Waals surface area (Å²) in [7, 11) is 1.84. The third kappa shape index (κ3) is 2.62. The maximum absolute atomic E-state index is 12.9. The maximum atomic E-state index is 12.9. The number of halogens is 1. The zero-order chi connectivity index (χ0) is 15.7. The van der Waals surface area contributed by atoms with Crippen molar-refractivity contribution in [3.63, 3.8) is 0 Å². The van der Waals surface area contributed by atoms with Crippen LogP contribution in [0.15, 0.2) is 36.7 Å². The highest BCUT2D eigenvalue weighted by Crippen LogP contribution is 2.31. The topological polar surface area (TPSA) is 58.4 Å². The first-order chi connectivity index (χ1) is 10.5. The van der Waals surface area contributed by atoms with Gasteiger partial charge in [-0.2, -0.15) is 0 Å². The number of benzene rings is 1. The van der Waals surface area contributed by atoms with Crippen molar-refractivity contribution in [2.75, 3.05) is 13.1 Å². The number of hydrogen-bond acceptors (Lipinski definition) is 3. The quantitative estimate of drug-likeness (QED) is 0.918. The molecule has 0 radical (unpaired) electrons. The van der Waals surface area contributed by atoms with Crippen molar-refractivity contribution in [1.29, 1.82) is 0 Å². The smallest absolute Gasteiger partial charge is 0.253 e. The van der Waals surface area contributed by atoms with E-state index in [-0.39, 0.29) is 11.7 Å². The van der Waals surface area contributed by atoms with Crippen molar-refractivity contribution in [3.05, 3.63) is 53.9 Å². The summed E-state index contributed by atoms with van der Waals surface area (Å²) in [5, 5.41) is 10.7. The molecule has 0 unspecified atom stereocenters. The lowest BCUT2D eigenvalue weighted by atomic mass is 9.90. The second-order valence-electron chi connectivity index (χ2n) is 5.69. The average molecular weight is 303 g/mol. The minimum atomic E-state index is -1.00. The van der Waals surface area contributed by atoms with E-state index in [1.807, 2.05) is 7.05 Å². The normalized spacial score (nSPS) is 17.5. The summed E-state index contributed by atoms with van der Waals surface area (Å²) in [5.74, 6) is 0.127. The molecule has 1 saturated heterocycles. The van der Waals surface area contributed by atoms with Crippen molar-refractivity contribution < 1.29 is 14.3 Å². The van der Waals surface area contributed by atoms with Gasteiger partial charge in [0.15, 0.2) is 0 Å². The monoisotopic (exact) mass is 303 g/mol. The van der Waals surface area contributed by atoms with Gasteiger partial charge in [0.05, 0.1) is 0 Å². The average Bonchev–Trinajstić information content (AvgIpc) is 2.95. The van der Waals surface area contributed by atoms with Gasteiger partial charge in [0.25, 0.3) is 5.91 Å². The number of amides is 1. The highest BCUT2D eigenvalue weighted by Gasteiger charge is 2.38. The molecule has 1 aromatic heterocycles. The molecule has 1 N–H and O–H groups in total. The summed E-state index contributed by atoms with van der Waals surface area (Å²) >= 11 is 0. The van der Waals surface area contributed by atoms with E-state index in [9.17, 15) is 14.3 Å². The third-order valence-corrected chi connectivity index (χ3v) is 4.21. The van der Waals surface area contributed by atoms with Crippen LogP contribution in [0.25, 0.3) is 0 Å². The second-order valence-corrected chi connectivity index (χ2v) is 5.69. The fourth-order valence-corrected chi connectivity index (χ4v) is 2.89. The SMILES string of the molecule is Cn1ccnc1C1(O)CCN(C(=O)c2ccc(F)cc2)CC1. The molecule has 2 heterocycles. The van der Waals surface area contributed by atoms with Gasteiger partial charge in [0.1, 0.15) is 17.2 Å². The Kier molecular flexibility index (Phi) is 3.70. The summed E-state index contributed by atoms with van der Waals surface area (Å²) in [6, 6.07) is 5.53. The van der Waals surface area contributed by atoms with Crippen molar-refractivity contribution in [2.24, 2.45) is 7.05 Å². The van der Waals surface area contributed by atoms with Crippen LogP contribution in [0.4, 0.5) is 4.39 Å². The van der Waals surface area contributed by atoms with E-state index in [0.29, 0.717) is 37.3 Å². The molecule has 1 aromatic carbocycles. The minimum absolute atomic E-state index is 0.137. The zero-order valence-corrected chi connectivity index (χ0v) is 12.4. The molecular formula is C16H18FN3O2. The molecule has 3 rings (SSSR count). The van der Waals surface area contributed by atoms with Gasteiger partial charge in [-0.25, -0.2) is 9.37 Å². The summed E-state index contributed by atoms with van der Waals surface area (Å²) in [6.07, 6.45) is 4.32. The standard InChI is InChI=1S/C16H18FN3O2/c1-19-11-8-18-15(19)16(22)6-9-20(10-7-16)14(21)12-2-4-13(17)5-3-12/h2-5,8,11,22H,6-7,9-10H2,1H3. The Morgan fingerprint density at radius 3 is 2.45 bits per heavy atom. The van der Waals surface area contributed by atoms with Crippen LogP contribution in [0.3, 0.4) is 0 Å². The Hall–Kier alpha value is -2.21. The molecule has 0 atom stereocenters. The van der Waals surface area contributed by atoms with Crippen molar-refractivity contribution in [1.82, 2.24) is 14.5 Å². The number of carbonyl (C=O) groups is 1. The fourth-order valence-electron chi connectivity index (χ4n) is 2.89. The van der Waals surface area contributed by atoms with Gasteiger partial charge in [-0.1, -0.05) is 0 Å². The molecule has 1 aliphatic heterocycles. The first-order valence-electron chi connectivity index (χ1n) is 7.25. The molecule has 1 fully saturated rings. The highest BCUT2D eigenvalue weighted by molar-refractivity contribution is 5.94. The van der Waals surface area contributed by atoms with Crippen molar-refractivity contribution in [2.45, 2.75) is 18.4 Å². The molecule has 0 saturated carbocycles. The van der Waals surface area contributed by atoms with Crippen LogP contribution in [0.1, 0.15) is 29.0 Å². The number of rotatable bonds is 2. The van der Waals surface area contributed by atoms with Crippen LogP contribution in [0.2, 0.25) is 0 Å². The first-order valence-corrected chi connectivity index (χ1v) is 7.25. The van der Waals surface area contributed by atoms with Crippen LogP contribution in [0, 0.1) is 5.82 Å².